The lowest BCUT2D eigenvalue weighted by molar-refractivity contribution is -0.140. The molecule has 612 valence electrons. The topological polar surface area (TPSA) is 572 Å². The van der Waals surface area contributed by atoms with E-state index >= 15 is 0 Å². The first-order valence-corrected chi connectivity index (χ1v) is 40.2. The highest BCUT2D eigenvalue weighted by molar-refractivity contribution is 7.90. The minimum atomic E-state index is -4.81. The Bertz CT molecular complexity index is 3970. The van der Waals surface area contributed by atoms with Gasteiger partial charge in [0.15, 0.2) is 11.7 Å². The Hall–Kier alpha value is -8.71. The second-order valence-corrected chi connectivity index (χ2v) is 30.6. The molecule has 4 aromatic rings. The summed E-state index contributed by atoms with van der Waals surface area (Å²) in [5, 5.41) is 55.2. The van der Waals surface area contributed by atoms with E-state index in [1.54, 1.807) is 61.8 Å². The molecule has 5 rings (SSSR count). The zero-order valence-corrected chi connectivity index (χ0v) is 64.1. The molecule has 1 fully saturated rings. The minimum absolute atomic E-state index is 0.0283. The van der Waals surface area contributed by atoms with E-state index in [-0.39, 0.29) is 190 Å². The number of aromatic amines is 1. The van der Waals surface area contributed by atoms with Crippen LogP contribution in [0, 0.1) is 13.8 Å². The van der Waals surface area contributed by atoms with E-state index in [1.807, 2.05) is 0 Å². The molecule has 0 saturated carbocycles. The van der Waals surface area contributed by atoms with E-state index < -0.39 is 116 Å². The Morgan fingerprint density at radius 1 is 0.645 bits per heavy atom. The number of carbonyl (C=O) groups is 9. The molecule has 2 aromatic carbocycles. The molecule has 44 heteroatoms. The van der Waals surface area contributed by atoms with Crippen LogP contribution in [0.25, 0.3) is 10.9 Å². The summed E-state index contributed by atoms with van der Waals surface area (Å²) in [6.07, 6.45) is 4.15. The number of ether oxygens (including phenoxy) is 4. The molecule has 0 radical (unpaired) electrons. The quantitative estimate of drug-likeness (QED) is 0.0131. The molecule has 3 heterocycles. The van der Waals surface area contributed by atoms with Crippen molar-refractivity contribution in [1.29, 1.82) is 0 Å². The molecule has 0 aliphatic carbocycles. The third kappa shape index (κ3) is 36.0. The molecule has 0 unspecified atom stereocenters. The largest absolute Gasteiger partial charge is 0.494 e. The van der Waals surface area contributed by atoms with Gasteiger partial charge >= 0.3 is 39.1 Å². The van der Waals surface area contributed by atoms with Crippen LogP contribution in [-0.2, 0) is 85.3 Å². The lowest BCUT2D eigenvalue weighted by atomic mass is 10.1. The Labute approximate surface area is 634 Å². The van der Waals surface area contributed by atoms with Crippen molar-refractivity contribution < 1.29 is 120 Å². The van der Waals surface area contributed by atoms with Gasteiger partial charge in [0.25, 0.3) is 15.9 Å². The lowest BCUT2D eigenvalue weighted by Gasteiger charge is -2.33. The number of benzene rings is 2. The molecular weight excluding hydrogens is 1510 g/mol. The van der Waals surface area contributed by atoms with E-state index in [4.69, 9.17) is 18.9 Å². The van der Waals surface area contributed by atoms with Crippen LogP contribution in [0.1, 0.15) is 72.0 Å². The number of nitrogens with one attached hydrogen (secondary N) is 7. The number of aryl methyl sites for hydroxylation is 3. The number of amides is 5. The van der Waals surface area contributed by atoms with Gasteiger partial charge in [-0.05, 0) is 93.3 Å². The van der Waals surface area contributed by atoms with Crippen LogP contribution in [0.2, 0.25) is 0 Å². The number of hydrogen-bond acceptors (Lipinski definition) is 25. The van der Waals surface area contributed by atoms with Gasteiger partial charge in [0.05, 0.1) is 82.7 Å². The highest BCUT2D eigenvalue weighted by Crippen LogP contribution is 2.40. The van der Waals surface area contributed by atoms with Crippen LogP contribution >= 0.6 is 15.2 Å². The van der Waals surface area contributed by atoms with Gasteiger partial charge in [0.1, 0.15) is 29.9 Å². The number of aliphatic carboxylic acids is 4. The predicted molar refractivity (Wildman–Crippen MR) is 396 cm³/mol. The first kappa shape index (κ1) is 91.9. The molecule has 2 aromatic heterocycles. The summed E-state index contributed by atoms with van der Waals surface area (Å²) in [4.78, 5) is 178. The van der Waals surface area contributed by atoms with Crippen molar-refractivity contribution in [3.05, 3.63) is 81.4 Å². The number of rotatable bonds is 49. The maximum absolute atomic E-state index is 13.8. The first-order valence-electron chi connectivity index (χ1n) is 35.2. The summed E-state index contributed by atoms with van der Waals surface area (Å²) >= 11 is 0. The maximum Gasteiger partial charge on any atom is 0.353 e. The van der Waals surface area contributed by atoms with E-state index in [2.05, 4.69) is 46.3 Å². The van der Waals surface area contributed by atoms with E-state index in [1.165, 1.54) is 32.2 Å². The number of aromatic nitrogens is 3. The lowest BCUT2D eigenvalue weighted by Crippen LogP contribution is -2.52. The Morgan fingerprint density at radius 3 is 1.68 bits per heavy atom. The van der Waals surface area contributed by atoms with Crippen LogP contribution < -0.4 is 42.1 Å². The molecular formula is C66H101N15O26P2S. The first-order chi connectivity index (χ1) is 52.0. The van der Waals surface area contributed by atoms with Crippen molar-refractivity contribution in [3.63, 3.8) is 0 Å². The van der Waals surface area contributed by atoms with Gasteiger partial charge < -0.3 is 100 Å². The number of carboxylic acids is 4. The number of anilines is 1. The highest BCUT2D eigenvalue weighted by Gasteiger charge is 2.30. The molecule has 5 amide bonds. The number of carboxylic acid groups (broad SMARTS) is 4. The zero-order chi connectivity index (χ0) is 81.0. The summed E-state index contributed by atoms with van der Waals surface area (Å²) in [5.74, 6) is -7.41. The molecule has 110 heavy (non-hydrogen) atoms. The highest BCUT2D eigenvalue weighted by atomic mass is 32.2. The molecule has 1 atom stereocenters. The Kier molecular flexibility index (Phi) is 39.1. The third-order valence-electron chi connectivity index (χ3n) is 16.6. The number of nitrogens with zero attached hydrogens (tertiary/aromatic N) is 8. The normalized spacial score (nSPS) is 14.4. The molecule has 15 N–H and O–H groups in total. The summed E-state index contributed by atoms with van der Waals surface area (Å²) < 4.78 is 78.1. The van der Waals surface area contributed by atoms with Gasteiger partial charge in [-0.2, -0.15) is 12.8 Å². The number of hydrogen-bond donors (Lipinski definition) is 15. The number of unbranched alkanes of at least 4 members (excludes halogenated alkanes) is 1. The van der Waals surface area contributed by atoms with Crippen LogP contribution in [-0.4, -0.2) is 323 Å². The van der Waals surface area contributed by atoms with Crippen molar-refractivity contribution in [3.8, 4) is 5.75 Å². The predicted octanol–water partition coefficient (Wildman–Crippen LogP) is -1.82. The number of imidazole rings is 1. The minimum Gasteiger partial charge on any atom is -0.494 e. The zero-order valence-electron chi connectivity index (χ0n) is 61.5. The SMILES string of the molecule is Cc1cc(OCCCC(=O)NCCCOCCOCCOCCCNC(=O)[C@@H](CCCCNC(=O)CN(CP(=O)(O)O)CP(=O)(O)O)NC(=O)CN2CCN(CC(=O)O)CCN(CC(=O)O)CCN(CC(=O)O)CC2)cc(C)c1S(=O)(=O)/N=C(\CNC(=O)c1cn(C)c2cc(CNc3ncc[nH]3)ccc2c1=O)C(=O)O. The Balaban J connectivity index is 0.985. The van der Waals surface area contributed by atoms with Gasteiger partial charge in [-0.1, -0.05) is 6.07 Å². The van der Waals surface area contributed by atoms with Crippen molar-refractivity contribution in [2.45, 2.75) is 76.3 Å². The maximum atomic E-state index is 13.8. The van der Waals surface area contributed by atoms with Gasteiger partial charge in [0.2, 0.25) is 29.1 Å². The van der Waals surface area contributed by atoms with Crippen molar-refractivity contribution in [2.24, 2.45) is 11.4 Å². The number of H-pyrrole nitrogens is 1. The van der Waals surface area contributed by atoms with Crippen LogP contribution in [0.5, 0.6) is 5.75 Å². The standard InChI is InChI=1S/C66H101N15O26P2S/c1-46-33-49(34-47(2)62(46)110(102,103)75-53(65(94)95)37-72-63(92)51-38-76(3)54-35-48(11-12-50(54)61(51)91)36-73-66-70-16-17-71-66)107-28-6-10-55(82)67-14-7-26-104-29-31-106-32-30-105-27-8-15-69-64(93)52(9-4-5-13-68-56(83)39-81(44-108(96,97)98)45-109(99,100)101)74-57(84)40-77-18-20-78(41-58(85)86)22-24-80(43-60(89)90)25-23-79(21-19-77)42-59(87)88/h11-12,16-17,33-35,38,52H,4-10,13-15,18-32,36-37,39-45H2,1-3H3,(H,67,82)(H,68,83)(H,69,93)(H,72,92)(H,74,84)(H,85,86)(H,87,88)(H,89,90)(H,94,95)(H2,70,71,73)(H2,96,97,98)(H2,99,100,101)/b75-53+/t52-/m1/s1. The van der Waals surface area contributed by atoms with Crippen molar-refractivity contribution >= 4 is 101 Å². The molecule has 1 aliphatic rings. The van der Waals surface area contributed by atoms with Crippen molar-refractivity contribution in [2.75, 3.05) is 175 Å². The van der Waals surface area contributed by atoms with Crippen LogP contribution in [0.3, 0.4) is 0 Å². The molecule has 0 spiro atoms. The Morgan fingerprint density at radius 2 is 1.16 bits per heavy atom. The van der Waals surface area contributed by atoms with E-state index in [0.29, 0.717) is 61.1 Å². The van der Waals surface area contributed by atoms with E-state index in [0.717, 1.165) is 5.56 Å². The number of pyridine rings is 1. The molecule has 41 nitrogen and oxygen atoms in total. The third-order valence-corrected chi connectivity index (χ3v) is 19.7. The number of sulfonamides is 1. The number of fused-ring (bicyclic) bond motifs is 1. The van der Waals surface area contributed by atoms with Gasteiger partial charge in [-0.3, -0.25) is 76.8 Å². The monoisotopic (exact) mass is 1610 g/mol. The molecule has 0 bridgehead atoms. The average molecular weight is 1610 g/mol. The summed E-state index contributed by atoms with van der Waals surface area (Å²) in [6, 6.07) is 6.79. The van der Waals surface area contributed by atoms with Crippen LogP contribution in [0.4, 0.5) is 5.95 Å². The second kappa shape index (κ2) is 46.8. The molecule has 1 aliphatic heterocycles. The van der Waals surface area contributed by atoms with Crippen molar-refractivity contribution in [1.82, 2.24) is 65.6 Å². The van der Waals surface area contributed by atoms with Gasteiger partial charge in [0, 0.05) is 129 Å². The average Bonchev–Trinajstić information content (AvgIpc) is 1.51. The van der Waals surface area contributed by atoms with Crippen LogP contribution in [0.15, 0.2) is 63.0 Å². The van der Waals surface area contributed by atoms with E-state index in [9.17, 15) is 105 Å². The fourth-order valence-electron chi connectivity index (χ4n) is 11.4. The summed E-state index contributed by atoms with van der Waals surface area (Å²) in [5.41, 5.74) is -0.112. The summed E-state index contributed by atoms with van der Waals surface area (Å²) in [7, 11) is -12.7. The molecule has 1 saturated heterocycles. The smallest absolute Gasteiger partial charge is 0.353 e. The van der Waals surface area contributed by atoms with Gasteiger partial charge in [-0.25, -0.2) is 9.78 Å². The number of carbonyl (C=O) groups excluding carboxylic acids is 5. The second-order valence-electron chi connectivity index (χ2n) is 25.8. The fourth-order valence-corrected chi connectivity index (χ4v) is 14.5. The van der Waals surface area contributed by atoms with Gasteiger partial charge in [-0.15, -0.1) is 0 Å². The summed E-state index contributed by atoms with van der Waals surface area (Å²) in [6.45, 7) is 3.44. The fraction of sp³-hybridized carbons (Fsp3) is 0.576.